The molecule has 4 rings (SSSR count). The van der Waals surface area contributed by atoms with E-state index in [9.17, 15) is 19.5 Å². The Bertz CT molecular complexity index is 1080. The Morgan fingerprint density at radius 1 is 1.15 bits per heavy atom. The predicted molar refractivity (Wildman–Crippen MR) is 128 cm³/mol. The SMILES string of the molecule is C=CCC(NC(=O)OCC1c2ccccc2-c2ccccc21)C(=O)N1CCC(C)(C)C1C(=O)O. The number of carboxylic acids is 1. The Morgan fingerprint density at radius 2 is 1.74 bits per heavy atom. The molecule has 0 radical (unpaired) electrons. The van der Waals surface area contributed by atoms with Gasteiger partial charge in [0.05, 0.1) is 0 Å². The molecule has 1 aliphatic carbocycles. The van der Waals surface area contributed by atoms with Crippen molar-refractivity contribution in [2.24, 2.45) is 5.41 Å². The van der Waals surface area contributed by atoms with Crippen LogP contribution in [0.5, 0.6) is 0 Å². The number of carbonyl (C=O) groups excluding carboxylic acids is 2. The second-order valence-electron chi connectivity index (χ2n) is 9.56. The quantitative estimate of drug-likeness (QED) is 0.602. The van der Waals surface area contributed by atoms with Crippen molar-refractivity contribution < 1.29 is 24.2 Å². The average Bonchev–Trinajstić information content (AvgIpc) is 3.31. The second-order valence-corrected chi connectivity index (χ2v) is 9.56. The van der Waals surface area contributed by atoms with Crippen LogP contribution in [0.25, 0.3) is 11.1 Å². The smallest absolute Gasteiger partial charge is 0.407 e. The summed E-state index contributed by atoms with van der Waals surface area (Å²) >= 11 is 0. The molecule has 7 heteroatoms. The number of hydrogen-bond acceptors (Lipinski definition) is 4. The first-order valence-corrected chi connectivity index (χ1v) is 11.5. The van der Waals surface area contributed by atoms with Gasteiger partial charge in [0.25, 0.3) is 0 Å². The highest BCUT2D eigenvalue weighted by molar-refractivity contribution is 5.90. The first-order chi connectivity index (χ1) is 16.2. The van der Waals surface area contributed by atoms with Gasteiger partial charge < -0.3 is 20.1 Å². The van der Waals surface area contributed by atoms with Crippen LogP contribution < -0.4 is 5.32 Å². The van der Waals surface area contributed by atoms with E-state index in [0.29, 0.717) is 13.0 Å². The largest absolute Gasteiger partial charge is 0.480 e. The van der Waals surface area contributed by atoms with Crippen molar-refractivity contribution >= 4 is 18.0 Å². The fourth-order valence-electron chi connectivity index (χ4n) is 5.17. The lowest BCUT2D eigenvalue weighted by Crippen LogP contribution is -2.53. The van der Waals surface area contributed by atoms with Crippen molar-refractivity contribution in [1.82, 2.24) is 10.2 Å². The lowest BCUT2D eigenvalue weighted by Gasteiger charge is -2.31. The molecule has 2 N–H and O–H groups in total. The van der Waals surface area contributed by atoms with Crippen LogP contribution in [0, 0.1) is 5.41 Å². The number of carboxylic acid groups (broad SMARTS) is 1. The molecule has 0 spiro atoms. The maximum Gasteiger partial charge on any atom is 0.407 e. The maximum absolute atomic E-state index is 13.2. The number of likely N-dealkylation sites (tertiary alicyclic amines) is 1. The Morgan fingerprint density at radius 3 is 2.29 bits per heavy atom. The molecule has 178 valence electrons. The standard InChI is InChI=1S/C27H30N2O5/c1-4-9-22(24(30)29-15-14-27(2,3)23(29)25(31)32)28-26(33)34-16-21-19-12-7-5-10-17(19)18-11-6-8-13-20(18)21/h4-8,10-13,21-23H,1,9,14-16H2,2-3H3,(H,28,33)(H,31,32). The lowest BCUT2D eigenvalue weighted by atomic mass is 9.85. The molecule has 2 aromatic carbocycles. The summed E-state index contributed by atoms with van der Waals surface area (Å²) in [6, 6.07) is 14.2. The van der Waals surface area contributed by atoms with E-state index in [1.807, 2.05) is 50.2 Å². The summed E-state index contributed by atoms with van der Waals surface area (Å²) in [6.07, 6.45) is 1.56. The number of fused-ring (bicyclic) bond motifs is 3. The Balaban J connectivity index is 1.45. The van der Waals surface area contributed by atoms with Crippen molar-refractivity contribution in [1.29, 1.82) is 0 Å². The van der Waals surface area contributed by atoms with Gasteiger partial charge in [0.1, 0.15) is 18.7 Å². The van der Waals surface area contributed by atoms with Crippen LogP contribution in [0.3, 0.4) is 0 Å². The first-order valence-electron chi connectivity index (χ1n) is 11.5. The summed E-state index contributed by atoms with van der Waals surface area (Å²) in [4.78, 5) is 39.1. The topological polar surface area (TPSA) is 95.9 Å². The summed E-state index contributed by atoms with van der Waals surface area (Å²) in [6.45, 7) is 7.80. The van der Waals surface area contributed by atoms with E-state index >= 15 is 0 Å². The third kappa shape index (κ3) is 4.30. The van der Waals surface area contributed by atoms with E-state index in [1.54, 1.807) is 0 Å². The molecule has 2 unspecified atom stereocenters. The summed E-state index contributed by atoms with van der Waals surface area (Å²) in [7, 11) is 0. The number of benzene rings is 2. The van der Waals surface area contributed by atoms with Crippen molar-refractivity contribution in [2.45, 2.75) is 44.7 Å². The molecule has 1 fully saturated rings. The van der Waals surface area contributed by atoms with Crippen LogP contribution in [-0.2, 0) is 14.3 Å². The number of rotatable bonds is 7. The van der Waals surface area contributed by atoms with Gasteiger partial charge in [0.15, 0.2) is 0 Å². The van der Waals surface area contributed by atoms with Crippen LogP contribution in [0.4, 0.5) is 4.79 Å². The van der Waals surface area contributed by atoms with Gasteiger partial charge in [-0.05, 0) is 40.5 Å². The Hall–Kier alpha value is -3.61. The van der Waals surface area contributed by atoms with E-state index in [2.05, 4.69) is 24.0 Å². The van der Waals surface area contributed by atoms with E-state index in [4.69, 9.17) is 4.74 Å². The molecule has 0 aromatic heterocycles. The molecule has 2 atom stereocenters. The van der Waals surface area contributed by atoms with Crippen molar-refractivity contribution in [3.05, 3.63) is 72.3 Å². The van der Waals surface area contributed by atoms with Gasteiger partial charge in [0, 0.05) is 12.5 Å². The number of carbonyl (C=O) groups is 3. The number of aliphatic carboxylic acids is 1. The zero-order valence-corrected chi connectivity index (χ0v) is 19.5. The molecule has 2 aromatic rings. The van der Waals surface area contributed by atoms with E-state index in [0.717, 1.165) is 22.3 Å². The predicted octanol–water partition coefficient (Wildman–Crippen LogP) is 4.18. The maximum atomic E-state index is 13.2. The number of nitrogens with zero attached hydrogens (tertiary/aromatic N) is 1. The molecule has 1 heterocycles. The van der Waals surface area contributed by atoms with Crippen LogP contribution >= 0.6 is 0 Å². The van der Waals surface area contributed by atoms with Crippen molar-refractivity contribution in [3.8, 4) is 11.1 Å². The minimum Gasteiger partial charge on any atom is -0.480 e. The molecule has 34 heavy (non-hydrogen) atoms. The summed E-state index contributed by atoms with van der Waals surface area (Å²) in [5, 5.41) is 12.3. The number of alkyl carbamates (subject to hydrolysis) is 1. The third-order valence-electron chi connectivity index (χ3n) is 6.90. The first kappa shape index (κ1) is 23.5. The molecule has 0 saturated carbocycles. The summed E-state index contributed by atoms with van der Waals surface area (Å²) < 4.78 is 5.57. The normalized spacial score (nSPS) is 19.1. The highest BCUT2D eigenvalue weighted by atomic mass is 16.5. The molecular weight excluding hydrogens is 432 g/mol. The lowest BCUT2D eigenvalue weighted by molar-refractivity contribution is -0.151. The molecule has 2 aliphatic rings. The molecule has 7 nitrogen and oxygen atoms in total. The van der Waals surface area contributed by atoms with Crippen LogP contribution in [0.15, 0.2) is 61.2 Å². The van der Waals surface area contributed by atoms with E-state index < -0.39 is 35.5 Å². The zero-order valence-electron chi connectivity index (χ0n) is 19.5. The molecular formula is C27H30N2O5. The number of ether oxygens (including phenoxy) is 1. The monoisotopic (exact) mass is 462 g/mol. The van der Waals surface area contributed by atoms with Gasteiger partial charge in [-0.15, -0.1) is 6.58 Å². The third-order valence-corrected chi connectivity index (χ3v) is 6.90. The zero-order chi connectivity index (χ0) is 24.5. The number of hydrogen-bond donors (Lipinski definition) is 2. The van der Waals surface area contributed by atoms with Gasteiger partial charge >= 0.3 is 12.1 Å². The van der Waals surface area contributed by atoms with Crippen molar-refractivity contribution in [2.75, 3.05) is 13.2 Å². The fraction of sp³-hybridized carbons (Fsp3) is 0.370. The van der Waals surface area contributed by atoms with Crippen molar-refractivity contribution in [3.63, 3.8) is 0 Å². The van der Waals surface area contributed by atoms with E-state index in [-0.39, 0.29) is 18.9 Å². The number of nitrogens with one attached hydrogen (secondary N) is 1. The highest BCUT2D eigenvalue weighted by Crippen LogP contribution is 2.44. The van der Waals surface area contributed by atoms with Gasteiger partial charge in [-0.3, -0.25) is 4.79 Å². The van der Waals surface area contributed by atoms with Crippen LogP contribution in [0.2, 0.25) is 0 Å². The summed E-state index contributed by atoms with van der Waals surface area (Å²) in [5.74, 6) is -1.58. The minimum atomic E-state index is -1.05. The van der Waals surface area contributed by atoms with Gasteiger partial charge in [0.2, 0.25) is 5.91 Å². The van der Waals surface area contributed by atoms with Gasteiger partial charge in [-0.2, -0.15) is 0 Å². The van der Waals surface area contributed by atoms with Crippen LogP contribution in [-0.4, -0.2) is 53.2 Å². The van der Waals surface area contributed by atoms with Gasteiger partial charge in [-0.25, -0.2) is 9.59 Å². The Labute approximate surface area is 199 Å². The Kier molecular flexibility index (Phi) is 6.46. The molecule has 0 bridgehead atoms. The van der Waals surface area contributed by atoms with Gasteiger partial charge in [-0.1, -0.05) is 68.5 Å². The average molecular weight is 463 g/mol. The minimum absolute atomic E-state index is 0.0949. The van der Waals surface area contributed by atoms with Crippen LogP contribution in [0.1, 0.15) is 43.7 Å². The summed E-state index contributed by atoms with van der Waals surface area (Å²) in [5.41, 5.74) is 3.90. The fourth-order valence-corrected chi connectivity index (χ4v) is 5.17. The van der Waals surface area contributed by atoms with E-state index in [1.165, 1.54) is 11.0 Å². The number of amides is 2. The second kappa shape index (κ2) is 9.33. The molecule has 2 amide bonds. The molecule has 1 saturated heterocycles. The molecule has 1 aliphatic heterocycles. The highest BCUT2D eigenvalue weighted by Gasteiger charge is 2.48.